The summed E-state index contributed by atoms with van der Waals surface area (Å²) in [5.74, 6) is 0.0133. The number of carbonyl (C=O) groups excluding carboxylic acids is 1. The predicted octanol–water partition coefficient (Wildman–Crippen LogP) is 2.64. The number of ether oxygens (including phenoxy) is 1. The highest BCUT2D eigenvalue weighted by molar-refractivity contribution is 5.78. The Bertz CT molecular complexity index is 237. The summed E-state index contributed by atoms with van der Waals surface area (Å²) >= 11 is 0. The molecular formula is C13H25NO2. The van der Waals surface area contributed by atoms with Crippen LogP contribution in [0.15, 0.2) is 0 Å². The lowest BCUT2D eigenvalue weighted by molar-refractivity contribution is -0.132. The van der Waals surface area contributed by atoms with Crippen LogP contribution in [0, 0.1) is 0 Å². The Morgan fingerprint density at radius 1 is 1.25 bits per heavy atom. The Morgan fingerprint density at radius 2 is 1.81 bits per heavy atom. The topological polar surface area (TPSA) is 38.3 Å². The van der Waals surface area contributed by atoms with Crippen molar-refractivity contribution in [3.63, 3.8) is 0 Å². The fraction of sp³-hybridized carbons (Fsp3) is 0.923. The fourth-order valence-electron chi connectivity index (χ4n) is 2.11. The van der Waals surface area contributed by atoms with Gasteiger partial charge in [0.25, 0.3) is 0 Å². The van der Waals surface area contributed by atoms with Crippen LogP contribution in [-0.4, -0.2) is 23.7 Å². The van der Waals surface area contributed by atoms with E-state index in [1.165, 1.54) is 19.3 Å². The maximum atomic E-state index is 11.7. The van der Waals surface area contributed by atoms with Crippen molar-refractivity contribution in [3.05, 3.63) is 0 Å². The molecule has 94 valence electrons. The smallest absolute Gasteiger partial charge is 0.246 e. The standard InChI is InChI=1S/C13H25NO2/c1-12(2,3)16-10-11(15)14-13(4)8-6-5-7-9-13/h5-10H2,1-4H3,(H,14,15). The highest BCUT2D eigenvalue weighted by Crippen LogP contribution is 2.27. The van der Waals surface area contributed by atoms with Crippen LogP contribution in [0.4, 0.5) is 0 Å². The van der Waals surface area contributed by atoms with Gasteiger partial charge in [-0.25, -0.2) is 0 Å². The van der Waals surface area contributed by atoms with Gasteiger partial charge in [0, 0.05) is 5.54 Å². The molecule has 0 aromatic carbocycles. The Balaban J connectivity index is 2.33. The van der Waals surface area contributed by atoms with E-state index in [-0.39, 0.29) is 23.7 Å². The number of nitrogens with one attached hydrogen (secondary N) is 1. The van der Waals surface area contributed by atoms with Crippen molar-refractivity contribution < 1.29 is 9.53 Å². The van der Waals surface area contributed by atoms with Crippen LogP contribution in [0.5, 0.6) is 0 Å². The van der Waals surface area contributed by atoms with E-state index in [0.29, 0.717) is 0 Å². The van der Waals surface area contributed by atoms with Crippen molar-refractivity contribution in [1.29, 1.82) is 0 Å². The summed E-state index contributed by atoms with van der Waals surface area (Å²) in [6.45, 7) is 8.19. The molecule has 0 heterocycles. The maximum Gasteiger partial charge on any atom is 0.246 e. The molecule has 1 saturated carbocycles. The fourth-order valence-corrected chi connectivity index (χ4v) is 2.11. The SMILES string of the molecule is CC1(NC(=O)COC(C)(C)C)CCCCC1. The van der Waals surface area contributed by atoms with E-state index in [1.807, 2.05) is 20.8 Å². The van der Waals surface area contributed by atoms with Crippen molar-refractivity contribution in [1.82, 2.24) is 5.32 Å². The predicted molar refractivity (Wildman–Crippen MR) is 65.3 cm³/mol. The number of carbonyl (C=O) groups is 1. The average Bonchev–Trinajstić information content (AvgIpc) is 2.14. The van der Waals surface area contributed by atoms with E-state index in [9.17, 15) is 4.79 Å². The van der Waals surface area contributed by atoms with Crippen LogP contribution in [0.1, 0.15) is 59.8 Å². The number of amides is 1. The maximum absolute atomic E-state index is 11.7. The molecule has 1 aliphatic carbocycles. The molecule has 0 aromatic heterocycles. The molecule has 0 atom stereocenters. The monoisotopic (exact) mass is 227 g/mol. The normalized spacial score (nSPS) is 20.5. The molecule has 3 heteroatoms. The van der Waals surface area contributed by atoms with Gasteiger partial charge >= 0.3 is 0 Å². The zero-order chi connectivity index (χ0) is 12.2. The lowest BCUT2D eigenvalue weighted by Gasteiger charge is -2.34. The molecule has 3 nitrogen and oxygen atoms in total. The Kier molecular flexibility index (Phi) is 4.36. The van der Waals surface area contributed by atoms with Crippen molar-refractivity contribution >= 4 is 5.91 Å². The number of hydrogen-bond donors (Lipinski definition) is 1. The summed E-state index contributed by atoms with van der Waals surface area (Å²) in [7, 11) is 0. The second-order valence-electron chi connectivity index (χ2n) is 6.07. The molecule has 0 saturated heterocycles. The molecule has 16 heavy (non-hydrogen) atoms. The summed E-state index contributed by atoms with van der Waals surface area (Å²) in [6.07, 6.45) is 5.92. The van der Waals surface area contributed by atoms with E-state index < -0.39 is 0 Å². The van der Waals surface area contributed by atoms with Crippen molar-refractivity contribution in [2.24, 2.45) is 0 Å². The summed E-state index contributed by atoms with van der Waals surface area (Å²) in [6, 6.07) is 0. The zero-order valence-corrected chi connectivity index (χ0v) is 11.1. The molecule has 1 aliphatic rings. The van der Waals surface area contributed by atoms with Gasteiger partial charge in [-0.15, -0.1) is 0 Å². The molecule has 0 unspecified atom stereocenters. The van der Waals surface area contributed by atoms with Gasteiger partial charge in [-0.05, 0) is 40.5 Å². The molecule has 1 amide bonds. The van der Waals surface area contributed by atoms with E-state index >= 15 is 0 Å². The first-order valence-electron chi connectivity index (χ1n) is 6.26. The molecule has 0 radical (unpaired) electrons. The summed E-state index contributed by atoms with van der Waals surface area (Å²) < 4.78 is 5.47. The van der Waals surface area contributed by atoms with Crippen LogP contribution >= 0.6 is 0 Å². The van der Waals surface area contributed by atoms with E-state index in [4.69, 9.17) is 4.74 Å². The van der Waals surface area contributed by atoms with Crippen LogP contribution in [0.3, 0.4) is 0 Å². The third kappa shape index (κ3) is 4.97. The molecule has 1 rings (SSSR count). The van der Waals surface area contributed by atoms with E-state index in [0.717, 1.165) is 12.8 Å². The largest absolute Gasteiger partial charge is 0.366 e. The van der Waals surface area contributed by atoms with Crippen LogP contribution in [0.25, 0.3) is 0 Å². The number of hydrogen-bond acceptors (Lipinski definition) is 2. The second kappa shape index (κ2) is 5.17. The third-order valence-corrected chi connectivity index (χ3v) is 3.03. The first kappa shape index (κ1) is 13.5. The minimum absolute atomic E-state index is 0.00340. The van der Waals surface area contributed by atoms with E-state index in [1.54, 1.807) is 0 Å². The Hall–Kier alpha value is -0.570. The van der Waals surface area contributed by atoms with Crippen molar-refractivity contribution in [2.45, 2.75) is 70.9 Å². The Labute approximate surface area is 98.9 Å². The van der Waals surface area contributed by atoms with Gasteiger partial charge in [0.2, 0.25) is 5.91 Å². The lowest BCUT2D eigenvalue weighted by atomic mass is 9.83. The minimum Gasteiger partial charge on any atom is -0.366 e. The molecule has 1 fully saturated rings. The van der Waals surface area contributed by atoms with Gasteiger partial charge in [0.1, 0.15) is 6.61 Å². The zero-order valence-electron chi connectivity index (χ0n) is 11.1. The Morgan fingerprint density at radius 3 is 2.31 bits per heavy atom. The van der Waals surface area contributed by atoms with Gasteiger partial charge in [-0.1, -0.05) is 19.3 Å². The minimum atomic E-state index is -0.245. The number of rotatable bonds is 3. The molecule has 0 spiro atoms. The molecular weight excluding hydrogens is 202 g/mol. The lowest BCUT2D eigenvalue weighted by Crippen LogP contribution is -2.49. The van der Waals surface area contributed by atoms with Gasteiger partial charge in [0.15, 0.2) is 0 Å². The first-order chi connectivity index (χ1) is 7.31. The van der Waals surface area contributed by atoms with E-state index in [2.05, 4.69) is 12.2 Å². The molecule has 0 bridgehead atoms. The van der Waals surface area contributed by atoms with Gasteiger partial charge in [-0.3, -0.25) is 4.79 Å². The highest BCUT2D eigenvalue weighted by atomic mass is 16.5. The highest BCUT2D eigenvalue weighted by Gasteiger charge is 2.28. The average molecular weight is 227 g/mol. The van der Waals surface area contributed by atoms with Crippen molar-refractivity contribution in [3.8, 4) is 0 Å². The van der Waals surface area contributed by atoms with Gasteiger partial charge in [-0.2, -0.15) is 0 Å². The van der Waals surface area contributed by atoms with Crippen LogP contribution in [-0.2, 0) is 9.53 Å². The summed E-state index contributed by atoms with van der Waals surface area (Å²) in [4.78, 5) is 11.7. The summed E-state index contributed by atoms with van der Waals surface area (Å²) in [5, 5.41) is 3.10. The van der Waals surface area contributed by atoms with Crippen LogP contribution < -0.4 is 5.32 Å². The van der Waals surface area contributed by atoms with Crippen LogP contribution in [0.2, 0.25) is 0 Å². The summed E-state index contributed by atoms with van der Waals surface area (Å²) in [5.41, 5.74) is -0.249. The quantitative estimate of drug-likeness (QED) is 0.805. The molecule has 0 aliphatic heterocycles. The van der Waals surface area contributed by atoms with Crippen molar-refractivity contribution in [2.75, 3.05) is 6.61 Å². The first-order valence-corrected chi connectivity index (χ1v) is 6.26. The van der Waals surface area contributed by atoms with Gasteiger partial charge < -0.3 is 10.1 Å². The third-order valence-electron chi connectivity index (χ3n) is 3.03. The molecule has 0 aromatic rings. The second-order valence-corrected chi connectivity index (χ2v) is 6.07. The molecule has 1 N–H and O–H groups in total. The van der Waals surface area contributed by atoms with Gasteiger partial charge in [0.05, 0.1) is 5.60 Å².